The summed E-state index contributed by atoms with van der Waals surface area (Å²) in [5.74, 6) is 0.361. The standard InChI is InChI=1S/C18H25N5O2/c1-4-23-15-14(8-5-9-19-15)21-16(18(23)25)22-10-6-7-13(11-22)17(24)20-12(2)3/h5,8-9,12-13H,4,6-7,10-11H2,1-3H3,(H,20,24)/t13-/m0/s1. The van der Waals surface area contributed by atoms with Crippen molar-refractivity contribution in [1.29, 1.82) is 0 Å². The van der Waals surface area contributed by atoms with Crippen molar-refractivity contribution in [2.24, 2.45) is 5.92 Å². The summed E-state index contributed by atoms with van der Waals surface area (Å²) in [7, 11) is 0. The fraction of sp³-hybridized carbons (Fsp3) is 0.556. The zero-order chi connectivity index (χ0) is 18.0. The molecule has 1 saturated heterocycles. The van der Waals surface area contributed by atoms with Crippen LogP contribution in [-0.4, -0.2) is 39.6 Å². The molecule has 1 fully saturated rings. The average Bonchev–Trinajstić information content (AvgIpc) is 2.61. The first-order valence-corrected chi connectivity index (χ1v) is 8.92. The summed E-state index contributed by atoms with van der Waals surface area (Å²) in [6, 6.07) is 3.80. The normalized spacial score (nSPS) is 17.9. The van der Waals surface area contributed by atoms with Gasteiger partial charge in [-0.05, 0) is 45.7 Å². The predicted molar refractivity (Wildman–Crippen MR) is 97.7 cm³/mol. The number of aryl methyl sites for hydroxylation is 1. The van der Waals surface area contributed by atoms with Gasteiger partial charge in [0.05, 0.1) is 5.92 Å². The van der Waals surface area contributed by atoms with Crippen LogP contribution >= 0.6 is 0 Å². The molecule has 1 amide bonds. The van der Waals surface area contributed by atoms with Crippen LogP contribution in [0.2, 0.25) is 0 Å². The number of nitrogens with zero attached hydrogens (tertiary/aromatic N) is 4. The second kappa shape index (κ2) is 7.21. The molecule has 1 atom stereocenters. The lowest BCUT2D eigenvalue weighted by Crippen LogP contribution is -2.46. The molecule has 0 aliphatic carbocycles. The molecule has 1 aliphatic heterocycles. The van der Waals surface area contributed by atoms with Crippen LogP contribution in [0, 0.1) is 5.92 Å². The highest BCUT2D eigenvalue weighted by molar-refractivity contribution is 5.80. The third-order valence-electron chi connectivity index (χ3n) is 4.52. The van der Waals surface area contributed by atoms with Gasteiger partial charge in [0, 0.05) is 31.9 Å². The van der Waals surface area contributed by atoms with Gasteiger partial charge in [-0.2, -0.15) is 0 Å². The Bertz CT molecular complexity index is 830. The van der Waals surface area contributed by atoms with Crippen molar-refractivity contribution < 1.29 is 4.79 Å². The summed E-state index contributed by atoms with van der Waals surface area (Å²) < 4.78 is 1.65. The molecule has 134 valence electrons. The SMILES string of the molecule is CCn1c(=O)c(N2CCC[C@H](C(=O)NC(C)C)C2)nc2cccnc21. The number of amides is 1. The number of fused-ring (bicyclic) bond motifs is 1. The lowest BCUT2D eigenvalue weighted by atomic mass is 9.97. The van der Waals surface area contributed by atoms with E-state index < -0.39 is 0 Å². The number of piperidine rings is 1. The first-order chi connectivity index (χ1) is 12.0. The van der Waals surface area contributed by atoms with Crippen LogP contribution in [0.1, 0.15) is 33.6 Å². The van der Waals surface area contributed by atoms with Gasteiger partial charge in [-0.15, -0.1) is 0 Å². The molecule has 1 aliphatic rings. The maximum absolute atomic E-state index is 12.9. The van der Waals surface area contributed by atoms with Gasteiger partial charge in [0.25, 0.3) is 5.56 Å². The molecule has 0 radical (unpaired) electrons. The molecule has 2 aromatic heterocycles. The van der Waals surface area contributed by atoms with Crippen LogP contribution in [0.4, 0.5) is 5.82 Å². The maximum Gasteiger partial charge on any atom is 0.295 e. The summed E-state index contributed by atoms with van der Waals surface area (Å²) in [4.78, 5) is 36.0. The van der Waals surface area contributed by atoms with Crippen LogP contribution < -0.4 is 15.8 Å². The Morgan fingerprint density at radius 1 is 1.44 bits per heavy atom. The highest BCUT2D eigenvalue weighted by Gasteiger charge is 2.28. The van der Waals surface area contributed by atoms with Crippen LogP contribution in [0.15, 0.2) is 23.1 Å². The summed E-state index contributed by atoms with van der Waals surface area (Å²) in [6.07, 6.45) is 3.38. The fourth-order valence-corrected chi connectivity index (χ4v) is 3.35. The van der Waals surface area contributed by atoms with Crippen molar-refractivity contribution in [2.75, 3.05) is 18.0 Å². The average molecular weight is 343 g/mol. The van der Waals surface area contributed by atoms with Gasteiger partial charge in [0.2, 0.25) is 5.91 Å². The van der Waals surface area contributed by atoms with Crippen molar-refractivity contribution in [3.05, 3.63) is 28.7 Å². The van der Waals surface area contributed by atoms with Crippen LogP contribution in [0.5, 0.6) is 0 Å². The van der Waals surface area contributed by atoms with Gasteiger partial charge in [0.15, 0.2) is 11.5 Å². The summed E-state index contributed by atoms with van der Waals surface area (Å²) in [5, 5.41) is 2.97. The predicted octanol–water partition coefficient (Wildman–Crippen LogP) is 1.55. The molecule has 0 bridgehead atoms. The molecule has 0 aromatic carbocycles. The summed E-state index contributed by atoms with van der Waals surface area (Å²) in [5.41, 5.74) is 1.16. The second-order valence-electron chi connectivity index (χ2n) is 6.78. The number of carbonyl (C=O) groups is 1. The van der Waals surface area contributed by atoms with Crippen molar-refractivity contribution in [3.63, 3.8) is 0 Å². The molecule has 7 heteroatoms. The smallest absolute Gasteiger partial charge is 0.295 e. The van der Waals surface area contributed by atoms with Gasteiger partial charge >= 0.3 is 0 Å². The van der Waals surface area contributed by atoms with E-state index in [2.05, 4.69) is 15.3 Å². The Kier molecular flexibility index (Phi) is 5.01. The molecule has 7 nitrogen and oxygen atoms in total. The van der Waals surface area contributed by atoms with E-state index in [9.17, 15) is 9.59 Å². The zero-order valence-corrected chi connectivity index (χ0v) is 15.0. The third kappa shape index (κ3) is 3.50. The number of nitrogens with one attached hydrogen (secondary N) is 1. The Labute approximate surface area is 147 Å². The Morgan fingerprint density at radius 3 is 2.96 bits per heavy atom. The van der Waals surface area contributed by atoms with Gasteiger partial charge in [0.1, 0.15) is 5.52 Å². The monoisotopic (exact) mass is 343 g/mol. The van der Waals surface area contributed by atoms with E-state index in [1.54, 1.807) is 10.8 Å². The summed E-state index contributed by atoms with van der Waals surface area (Å²) >= 11 is 0. The van der Waals surface area contributed by atoms with Crippen molar-refractivity contribution in [3.8, 4) is 0 Å². The van der Waals surface area contributed by atoms with E-state index in [1.165, 1.54) is 0 Å². The molecular formula is C18H25N5O2. The number of carbonyl (C=O) groups excluding carboxylic acids is 1. The number of aromatic nitrogens is 3. The minimum absolute atomic E-state index is 0.0537. The largest absolute Gasteiger partial charge is 0.354 e. The molecule has 3 rings (SSSR count). The number of hydrogen-bond acceptors (Lipinski definition) is 5. The lowest BCUT2D eigenvalue weighted by molar-refractivity contribution is -0.125. The van der Waals surface area contributed by atoms with Crippen molar-refractivity contribution in [1.82, 2.24) is 19.9 Å². The van der Waals surface area contributed by atoms with Crippen LogP contribution in [-0.2, 0) is 11.3 Å². The van der Waals surface area contributed by atoms with E-state index >= 15 is 0 Å². The Hall–Kier alpha value is -2.44. The number of anilines is 1. The first kappa shape index (κ1) is 17.4. The molecule has 25 heavy (non-hydrogen) atoms. The minimum atomic E-state index is -0.140. The van der Waals surface area contributed by atoms with Crippen molar-refractivity contribution >= 4 is 22.9 Å². The zero-order valence-electron chi connectivity index (χ0n) is 15.0. The van der Waals surface area contributed by atoms with Crippen LogP contribution in [0.3, 0.4) is 0 Å². The summed E-state index contributed by atoms with van der Waals surface area (Å²) in [6.45, 7) is 7.63. The lowest BCUT2D eigenvalue weighted by Gasteiger charge is -2.33. The van der Waals surface area contributed by atoms with E-state index in [0.717, 1.165) is 19.4 Å². The Balaban J connectivity index is 1.94. The Morgan fingerprint density at radius 2 is 2.24 bits per heavy atom. The molecule has 0 saturated carbocycles. The number of pyridine rings is 1. The first-order valence-electron chi connectivity index (χ1n) is 8.92. The minimum Gasteiger partial charge on any atom is -0.354 e. The molecular weight excluding hydrogens is 318 g/mol. The van der Waals surface area contributed by atoms with Gasteiger partial charge in [-0.25, -0.2) is 9.97 Å². The third-order valence-corrected chi connectivity index (χ3v) is 4.52. The molecule has 3 heterocycles. The van der Waals surface area contributed by atoms with E-state index in [1.807, 2.05) is 37.8 Å². The quantitative estimate of drug-likeness (QED) is 0.911. The highest BCUT2D eigenvalue weighted by atomic mass is 16.2. The number of hydrogen-bond donors (Lipinski definition) is 1. The molecule has 0 spiro atoms. The van der Waals surface area contributed by atoms with Crippen molar-refractivity contribution in [2.45, 2.75) is 46.2 Å². The van der Waals surface area contributed by atoms with Gasteiger partial charge in [-0.1, -0.05) is 0 Å². The van der Waals surface area contributed by atoms with E-state index in [0.29, 0.717) is 30.1 Å². The second-order valence-corrected chi connectivity index (χ2v) is 6.78. The molecule has 2 aromatic rings. The molecule has 1 N–H and O–H groups in total. The maximum atomic E-state index is 12.9. The van der Waals surface area contributed by atoms with Crippen LogP contribution in [0.25, 0.3) is 11.2 Å². The van der Waals surface area contributed by atoms with E-state index in [4.69, 9.17) is 0 Å². The topological polar surface area (TPSA) is 80.1 Å². The van der Waals surface area contributed by atoms with Gasteiger partial charge < -0.3 is 10.2 Å². The van der Waals surface area contributed by atoms with Gasteiger partial charge in [-0.3, -0.25) is 14.2 Å². The van der Waals surface area contributed by atoms with E-state index in [-0.39, 0.29) is 23.4 Å². The highest BCUT2D eigenvalue weighted by Crippen LogP contribution is 2.21. The fourth-order valence-electron chi connectivity index (χ4n) is 3.35. The molecule has 0 unspecified atom stereocenters. The number of rotatable bonds is 4.